The van der Waals surface area contributed by atoms with E-state index in [1.54, 1.807) is 12.1 Å². The van der Waals surface area contributed by atoms with Crippen molar-refractivity contribution in [2.45, 2.75) is 6.61 Å². The van der Waals surface area contributed by atoms with Gasteiger partial charge in [0.15, 0.2) is 0 Å². The molecule has 2 aromatic carbocycles. The zero-order chi connectivity index (χ0) is 14.7. The molecule has 0 aliphatic heterocycles. The summed E-state index contributed by atoms with van der Waals surface area (Å²) in [5.74, 6) is 0.723. The van der Waals surface area contributed by atoms with Crippen molar-refractivity contribution in [3.8, 4) is 28.6 Å². The SMILES string of the molecule is FC(F)Oc1cccc(-c2nc(-c3ccccc3)no2)c1. The maximum absolute atomic E-state index is 12.2. The molecule has 21 heavy (non-hydrogen) atoms. The van der Waals surface area contributed by atoms with Crippen LogP contribution in [0.1, 0.15) is 0 Å². The molecule has 0 bridgehead atoms. The molecular formula is C15H10F2N2O2. The monoisotopic (exact) mass is 288 g/mol. The number of ether oxygens (including phenoxy) is 1. The third kappa shape index (κ3) is 3.05. The van der Waals surface area contributed by atoms with Crippen LogP contribution in [0.2, 0.25) is 0 Å². The molecule has 4 nitrogen and oxygen atoms in total. The summed E-state index contributed by atoms with van der Waals surface area (Å²) in [7, 11) is 0. The van der Waals surface area contributed by atoms with Gasteiger partial charge in [0.1, 0.15) is 5.75 Å². The summed E-state index contributed by atoms with van der Waals surface area (Å²) in [6.45, 7) is -2.87. The van der Waals surface area contributed by atoms with E-state index in [1.807, 2.05) is 30.3 Å². The van der Waals surface area contributed by atoms with Crippen molar-refractivity contribution in [2.24, 2.45) is 0 Å². The predicted molar refractivity (Wildman–Crippen MR) is 71.8 cm³/mol. The molecule has 0 unspecified atom stereocenters. The minimum atomic E-state index is -2.87. The Morgan fingerprint density at radius 1 is 0.952 bits per heavy atom. The van der Waals surface area contributed by atoms with Crippen LogP contribution in [-0.2, 0) is 0 Å². The first-order chi connectivity index (χ1) is 10.2. The molecule has 0 amide bonds. The molecule has 0 atom stereocenters. The van der Waals surface area contributed by atoms with Gasteiger partial charge in [-0.3, -0.25) is 0 Å². The topological polar surface area (TPSA) is 48.2 Å². The Morgan fingerprint density at radius 2 is 1.71 bits per heavy atom. The maximum atomic E-state index is 12.2. The van der Waals surface area contributed by atoms with Crippen molar-refractivity contribution in [3.63, 3.8) is 0 Å². The molecule has 0 spiro atoms. The molecule has 3 aromatic rings. The van der Waals surface area contributed by atoms with E-state index in [2.05, 4.69) is 14.9 Å². The molecule has 1 heterocycles. The van der Waals surface area contributed by atoms with Gasteiger partial charge < -0.3 is 9.26 Å². The Labute approximate surface area is 119 Å². The molecule has 1 aromatic heterocycles. The molecule has 0 aliphatic carbocycles. The van der Waals surface area contributed by atoms with Gasteiger partial charge >= 0.3 is 6.61 Å². The van der Waals surface area contributed by atoms with E-state index in [-0.39, 0.29) is 11.6 Å². The van der Waals surface area contributed by atoms with Gasteiger partial charge in [-0.15, -0.1) is 0 Å². The van der Waals surface area contributed by atoms with E-state index in [4.69, 9.17) is 4.52 Å². The van der Waals surface area contributed by atoms with Crippen LogP contribution in [0.4, 0.5) is 8.78 Å². The summed E-state index contributed by atoms with van der Waals surface area (Å²) in [4.78, 5) is 4.25. The molecule has 0 N–H and O–H groups in total. The smallest absolute Gasteiger partial charge is 0.387 e. The fraction of sp³-hybridized carbons (Fsp3) is 0.0667. The lowest BCUT2D eigenvalue weighted by atomic mass is 10.2. The number of aromatic nitrogens is 2. The number of benzene rings is 2. The van der Waals surface area contributed by atoms with Crippen molar-refractivity contribution < 1.29 is 18.0 Å². The first kappa shape index (κ1) is 13.2. The van der Waals surface area contributed by atoms with Crippen LogP contribution < -0.4 is 4.74 Å². The third-order valence-corrected chi connectivity index (χ3v) is 2.76. The molecule has 106 valence electrons. The lowest BCUT2D eigenvalue weighted by Gasteiger charge is -2.04. The van der Waals surface area contributed by atoms with Crippen LogP contribution in [0, 0.1) is 0 Å². The number of halogens is 2. The highest BCUT2D eigenvalue weighted by molar-refractivity contribution is 5.60. The molecule has 6 heteroatoms. The summed E-state index contributed by atoms with van der Waals surface area (Å²) in [6, 6.07) is 15.4. The summed E-state index contributed by atoms with van der Waals surface area (Å²) >= 11 is 0. The van der Waals surface area contributed by atoms with E-state index in [9.17, 15) is 8.78 Å². The van der Waals surface area contributed by atoms with Gasteiger partial charge in [-0.1, -0.05) is 41.6 Å². The van der Waals surface area contributed by atoms with Crippen LogP contribution in [0.3, 0.4) is 0 Å². The Kier molecular flexibility index (Phi) is 3.59. The Balaban J connectivity index is 1.90. The van der Waals surface area contributed by atoms with Crippen LogP contribution >= 0.6 is 0 Å². The lowest BCUT2D eigenvalue weighted by Crippen LogP contribution is -2.01. The Morgan fingerprint density at radius 3 is 2.48 bits per heavy atom. The molecule has 0 saturated carbocycles. The van der Waals surface area contributed by atoms with Crippen LogP contribution in [-0.4, -0.2) is 16.8 Å². The van der Waals surface area contributed by atoms with Gasteiger partial charge in [0.25, 0.3) is 5.89 Å². The first-order valence-electron chi connectivity index (χ1n) is 6.17. The number of rotatable bonds is 4. The van der Waals surface area contributed by atoms with Crippen molar-refractivity contribution in [3.05, 3.63) is 54.6 Å². The standard InChI is InChI=1S/C15H10F2N2O2/c16-15(17)20-12-8-4-7-11(9-12)14-18-13(19-21-14)10-5-2-1-3-6-10/h1-9,15H. The van der Waals surface area contributed by atoms with Gasteiger partial charge in [-0.05, 0) is 18.2 Å². The van der Waals surface area contributed by atoms with E-state index in [0.717, 1.165) is 5.56 Å². The van der Waals surface area contributed by atoms with E-state index >= 15 is 0 Å². The molecule has 0 radical (unpaired) electrons. The number of alkyl halides is 2. The second-order valence-electron chi connectivity index (χ2n) is 4.20. The summed E-state index contributed by atoms with van der Waals surface area (Å²) < 4.78 is 33.9. The summed E-state index contributed by atoms with van der Waals surface area (Å²) in [5, 5.41) is 3.88. The highest BCUT2D eigenvalue weighted by atomic mass is 19.3. The number of hydrogen-bond donors (Lipinski definition) is 0. The normalized spacial score (nSPS) is 10.8. The van der Waals surface area contributed by atoms with Crippen LogP contribution in [0.15, 0.2) is 59.1 Å². The minimum absolute atomic E-state index is 0.0435. The minimum Gasteiger partial charge on any atom is -0.435 e. The van der Waals surface area contributed by atoms with Crippen molar-refractivity contribution in [2.75, 3.05) is 0 Å². The largest absolute Gasteiger partial charge is 0.435 e. The first-order valence-corrected chi connectivity index (χ1v) is 6.17. The van der Waals surface area contributed by atoms with E-state index < -0.39 is 6.61 Å². The number of hydrogen-bond acceptors (Lipinski definition) is 4. The zero-order valence-electron chi connectivity index (χ0n) is 10.7. The molecular weight excluding hydrogens is 278 g/mol. The fourth-order valence-corrected chi connectivity index (χ4v) is 1.85. The van der Waals surface area contributed by atoms with Gasteiger partial charge in [-0.25, -0.2) is 0 Å². The molecule has 0 fully saturated rings. The van der Waals surface area contributed by atoms with Gasteiger partial charge in [-0.2, -0.15) is 13.8 Å². The summed E-state index contributed by atoms with van der Waals surface area (Å²) in [5.41, 5.74) is 1.33. The zero-order valence-corrected chi connectivity index (χ0v) is 10.7. The third-order valence-electron chi connectivity index (χ3n) is 2.76. The molecule has 0 aliphatic rings. The highest BCUT2D eigenvalue weighted by Gasteiger charge is 2.12. The lowest BCUT2D eigenvalue weighted by molar-refractivity contribution is -0.0498. The number of nitrogens with zero attached hydrogens (tertiary/aromatic N) is 2. The Hall–Kier alpha value is -2.76. The predicted octanol–water partition coefficient (Wildman–Crippen LogP) is 4.01. The highest BCUT2D eigenvalue weighted by Crippen LogP contribution is 2.25. The van der Waals surface area contributed by atoms with Gasteiger partial charge in [0, 0.05) is 11.1 Å². The fourth-order valence-electron chi connectivity index (χ4n) is 1.85. The van der Waals surface area contributed by atoms with Crippen LogP contribution in [0.25, 0.3) is 22.8 Å². The van der Waals surface area contributed by atoms with Gasteiger partial charge in [0.05, 0.1) is 0 Å². The van der Waals surface area contributed by atoms with Crippen molar-refractivity contribution in [1.82, 2.24) is 10.1 Å². The van der Waals surface area contributed by atoms with Crippen LogP contribution in [0.5, 0.6) is 5.75 Å². The van der Waals surface area contributed by atoms with E-state index in [1.165, 1.54) is 12.1 Å². The van der Waals surface area contributed by atoms with E-state index in [0.29, 0.717) is 11.4 Å². The molecule has 3 rings (SSSR count). The Bertz CT molecular complexity index is 729. The van der Waals surface area contributed by atoms with Crippen molar-refractivity contribution >= 4 is 0 Å². The average molecular weight is 288 g/mol. The average Bonchev–Trinajstić information content (AvgIpc) is 2.98. The summed E-state index contributed by atoms with van der Waals surface area (Å²) in [6.07, 6.45) is 0. The van der Waals surface area contributed by atoms with Gasteiger partial charge in [0.2, 0.25) is 5.82 Å². The second-order valence-corrected chi connectivity index (χ2v) is 4.20. The quantitative estimate of drug-likeness (QED) is 0.728. The molecule has 0 saturated heterocycles. The second kappa shape index (κ2) is 5.70. The maximum Gasteiger partial charge on any atom is 0.387 e. The van der Waals surface area contributed by atoms with Crippen molar-refractivity contribution in [1.29, 1.82) is 0 Å².